The quantitative estimate of drug-likeness (QED) is 0.810. The fourth-order valence-corrected chi connectivity index (χ4v) is 3.92. The molecular formula is C16H22N4O4. The highest BCUT2D eigenvalue weighted by molar-refractivity contribution is 6.07. The number of nitrogens with one attached hydrogen (secondary N) is 1. The molecule has 24 heavy (non-hydrogen) atoms. The third kappa shape index (κ3) is 2.53. The summed E-state index contributed by atoms with van der Waals surface area (Å²) in [4.78, 5) is 40.3. The lowest BCUT2D eigenvalue weighted by Crippen LogP contribution is -2.48. The summed E-state index contributed by atoms with van der Waals surface area (Å²) in [6.45, 7) is 2.73. The first-order valence-corrected chi connectivity index (χ1v) is 8.74. The number of piperidine rings is 1. The number of aromatic amines is 1. The van der Waals surface area contributed by atoms with Crippen LogP contribution >= 0.6 is 0 Å². The molecular weight excluding hydrogens is 312 g/mol. The van der Waals surface area contributed by atoms with E-state index in [9.17, 15) is 14.4 Å². The van der Waals surface area contributed by atoms with Gasteiger partial charge in [-0.05, 0) is 38.5 Å². The van der Waals surface area contributed by atoms with E-state index in [2.05, 4.69) is 10.2 Å². The summed E-state index contributed by atoms with van der Waals surface area (Å²) in [5.41, 5.74) is -0.782. The van der Waals surface area contributed by atoms with Gasteiger partial charge < -0.3 is 14.2 Å². The maximum Gasteiger partial charge on any atom is 0.434 e. The van der Waals surface area contributed by atoms with E-state index in [1.807, 2.05) is 9.80 Å². The first-order valence-electron chi connectivity index (χ1n) is 8.74. The highest BCUT2D eigenvalue weighted by Gasteiger charge is 2.59. The normalized spacial score (nSPS) is 23.5. The minimum atomic E-state index is -0.782. The van der Waals surface area contributed by atoms with E-state index in [0.29, 0.717) is 44.7 Å². The van der Waals surface area contributed by atoms with Gasteiger partial charge in [-0.1, -0.05) is 0 Å². The second kappa shape index (κ2) is 5.75. The van der Waals surface area contributed by atoms with Crippen molar-refractivity contribution >= 4 is 11.8 Å². The molecule has 3 heterocycles. The molecule has 2 saturated heterocycles. The van der Waals surface area contributed by atoms with E-state index in [-0.39, 0.29) is 17.7 Å². The van der Waals surface area contributed by atoms with Crippen LogP contribution in [0.1, 0.15) is 50.3 Å². The molecule has 3 fully saturated rings. The van der Waals surface area contributed by atoms with Crippen molar-refractivity contribution in [2.45, 2.75) is 44.4 Å². The molecule has 3 aliphatic rings. The third-order valence-corrected chi connectivity index (χ3v) is 5.55. The van der Waals surface area contributed by atoms with Gasteiger partial charge in [0.1, 0.15) is 5.41 Å². The average Bonchev–Trinajstić information content (AvgIpc) is 3.02. The summed E-state index contributed by atoms with van der Waals surface area (Å²) in [5.74, 6) is -0.0535. The van der Waals surface area contributed by atoms with Gasteiger partial charge in [0.2, 0.25) is 17.7 Å². The van der Waals surface area contributed by atoms with Crippen molar-refractivity contribution in [3.63, 3.8) is 0 Å². The Bertz CT molecular complexity index is 691. The van der Waals surface area contributed by atoms with E-state index in [1.54, 1.807) is 0 Å². The van der Waals surface area contributed by atoms with Crippen molar-refractivity contribution < 1.29 is 14.0 Å². The van der Waals surface area contributed by atoms with Crippen LogP contribution in [0.3, 0.4) is 0 Å². The summed E-state index contributed by atoms with van der Waals surface area (Å²) in [7, 11) is 0. The van der Waals surface area contributed by atoms with Crippen molar-refractivity contribution in [1.29, 1.82) is 0 Å². The Labute approximate surface area is 139 Å². The van der Waals surface area contributed by atoms with Crippen LogP contribution in [-0.4, -0.2) is 58.0 Å². The highest BCUT2D eigenvalue weighted by atomic mass is 16.4. The lowest BCUT2D eigenvalue weighted by molar-refractivity contribution is -0.149. The van der Waals surface area contributed by atoms with Gasteiger partial charge in [-0.25, -0.2) is 9.89 Å². The maximum atomic E-state index is 12.9. The zero-order valence-electron chi connectivity index (χ0n) is 13.6. The number of amides is 2. The molecule has 0 unspecified atom stereocenters. The molecule has 0 atom stereocenters. The molecule has 4 rings (SSSR count). The monoisotopic (exact) mass is 334 g/mol. The minimum Gasteiger partial charge on any atom is -0.392 e. The molecule has 1 aromatic rings. The molecule has 1 N–H and O–H groups in total. The predicted octanol–water partition coefficient (Wildman–Crippen LogP) is 0.472. The van der Waals surface area contributed by atoms with E-state index in [4.69, 9.17) is 4.42 Å². The summed E-state index contributed by atoms with van der Waals surface area (Å²) in [6.07, 6.45) is 4.83. The zero-order chi connectivity index (χ0) is 16.7. The standard InChI is InChI=1S/C16H22N4O4/c21-13(19-7-1-2-8-19)16(5-6-16)14(22)20-9-3-11(4-10-20)12-17-18-15(23)24-12/h11H,1-10H2,(H,18,23). The Kier molecular flexibility index (Phi) is 3.69. The van der Waals surface area contributed by atoms with Gasteiger partial charge in [-0.2, -0.15) is 0 Å². The van der Waals surface area contributed by atoms with Crippen molar-refractivity contribution in [3.05, 3.63) is 16.4 Å². The van der Waals surface area contributed by atoms with Gasteiger partial charge in [0.25, 0.3) is 0 Å². The van der Waals surface area contributed by atoms with Crippen LogP contribution in [0.4, 0.5) is 0 Å². The van der Waals surface area contributed by atoms with Gasteiger partial charge in [0, 0.05) is 32.1 Å². The molecule has 8 nitrogen and oxygen atoms in total. The first-order chi connectivity index (χ1) is 11.6. The molecule has 1 saturated carbocycles. The second-order valence-electron chi connectivity index (χ2n) is 7.10. The molecule has 130 valence electrons. The topological polar surface area (TPSA) is 99.5 Å². The Morgan fingerprint density at radius 3 is 2.12 bits per heavy atom. The summed E-state index contributed by atoms with van der Waals surface area (Å²) in [6, 6.07) is 0. The van der Waals surface area contributed by atoms with Crippen molar-refractivity contribution in [1.82, 2.24) is 20.0 Å². The van der Waals surface area contributed by atoms with Gasteiger partial charge in [-0.15, -0.1) is 5.10 Å². The Morgan fingerprint density at radius 2 is 1.62 bits per heavy atom. The van der Waals surface area contributed by atoms with Crippen LogP contribution in [-0.2, 0) is 9.59 Å². The molecule has 0 aromatic carbocycles. The molecule has 0 spiro atoms. The fraction of sp³-hybridized carbons (Fsp3) is 0.750. The predicted molar refractivity (Wildman–Crippen MR) is 83.2 cm³/mol. The van der Waals surface area contributed by atoms with Crippen LogP contribution < -0.4 is 5.76 Å². The highest BCUT2D eigenvalue weighted by Crippen LogP contribution is 2.49. The van der Waals surface area contributed by atoms with E-state index in [1.165, 1.54) is 0 Å². The van der Waals surface area contributed by atoms with Crippen molar-refractivity contribution in [2.24, 2.45) is 5.41 Å². The van der Waals surface area contributed by atoms with Gasteiger partial charge in [0.15, 0.2) is 0 Å². The number of rotatable bonds is 3. The summed E-state index contributed by atoms with van der Waals surface area (Å²) in [5, 5.41) is 6.16. The number of hydrogen-bond acceptors (Lipinski definition) is 5. The number of aromatic nitrogens is 2. The van der Waals surface area contributed by atoms with Gasteiger partial charge in [-0.3, -0.25) is 9.59 Å². The number of H-pyrrole nitrogens is 1. The van der Waals surface area contributed by atoms with Crippen molar-refractivity contribution in [3.8, 4) is 0 Å². The maximum absolute atomic E-state index is 12.9. The van der Waals surface area contributed by atoms with Gasteiger partial charge >= 0.3 is 5.76 Å². The smallest absolute Gasteiger partial charge is 0.392 e. The Balaban J connectivity index is 1.39. The van der Waals surface area contributed by atoms with Crippen LogP contribution in [0.5, 0.6) is 0 Å². The van der Waals surface area contributed by atoms with Crippen LogP contribution in [0.15, 0.2) is 9.21 Å². The number of likely N-dealkylation sites (tertiary alicyclic amines) is 2. The van der Waals surface area contributed by atoms with Crippen LogP contribution in [0.25, 0.3) is 0 Å². The largest absolute Gasteiger partial charge is 0.434 e. The Hall–Kier alpha value is -2.12. The SMILES string of the molecule is O=C(N1CCCC1)C1(C(=O)N2CCC(c3n[nH]c(=O)o3)CC2)CC1. The average molecular weight is 334 g/mol. The molecule has 2 amide bonds. The second-order valence-corrected chi connectivity index (χ2v) is 7.10. The first kappa shape index (κ1) is 15.4. The van der Waals surface area contributed by atoms with Crippen LogP contribution in [0, 0.1) is 5.41 Å². The molecule has 8 heteroatoms. The van der Waals surface area contributed by atoms with Crippen LogP contribution in [0.2, 0.25) is 0 Å². The number of carbonyl (C=O) groups is 2. The molecule has 2 aliphatic heterocycles. The van der Waals surface area contributed by atoms with E-state index < -0.39 is 11.2 Å². The fourth-order valence-electron chi connectivity index (χ4n) is 3.92. The zero-order valence-corrected chi connectivity index (χ0v) is 13.6. The minimum absolute atomic E-state index is 0.0127. The van der Waals surface area contributed by atoms with E-state index in [0.717, 1.165) is 25.9 Å². The van der Waals surface area contributed by atoms with E-state index >= 15 is 0 Å². The number of carbonyl (C=O) groups excluding carboxylic acids is 2. The third-order valence-electron chi connectivity index (χ3n) is 5.55. The molecule has 0 bridgehead atoms. The Morgan fingerprint density at radius 1 is 1.04 bits per heavy atom. The van der Waals surface area contributed by atoms with Crippen molar-refractivity contribution in [2.75, 3.05) is 26.2 Å². The number of nitrogens with zero attached hydrogens (tertiary/aromatic N) is 3. The lowest BCUT2D eigenvalue weighted by Gasteiger charge is -2.33. The summed E-state index contributed by atoms with van der Waals surface area (Å²) >= 11 is 0. The van der Waals surface area contributed by atoms with Gasteiger partial charge in [0.05, 0.1) is 0 Å². The summed E-state index contributed by atoms with van der Waals surface area (Å²) < 4.78 is 5.02. The molecule has 1 aromatic heterocycles. The lowest BCUT2D eigenvalue weighted by atomic mass is 9.94. The number of hydrogen-bond donors (Lipinski definition) is 1. The molecule has 1 aliphatic carbocycles. The molecule has 0 radical (unpaired) electrons.